The Morgan fingerprint density at radius 2 is 1.44 bits per heavy atom. The van der Waals surface area contributed by atoms with E-state index in [9.17, 15) is 4.79 Å². The van der Waals surface area contributed by atoms with E-state index in [0.717, 1.165) is 11.4 Å². The largest absolute Gasteiger partial charge is 0.364 e. The van der Waals surface area contributed by atoms with Crippen LogP contribution >= 0.6 is 0 Å². The number of hydrogen-bond donors (Lipinski definition) is 2. The van der Waals surface area contributed by atoms with Crippen molar-refractivity contribution >= 4 is 5.78 Å². The van der Waals surface area contributed by atoms with Crippen LogP contribution in [0.25, 0.3) is 0 Å². The number of aromatic nitrogens is 2. The van der Waals surface area contributed by atoms with Gasteiger partial charge in [-0.25, -0.2) is 0 Å². The lowest BCUT2D eigenvalue weighted by molar-refractivity contribution is 0.103. The van der Waals surface area contributed by atoms with E-state index in [1.165, 1.54) is 5.56 Å². The summed E-state index contributed by atoms with van der Waals surface area (Å²) in [6, 6.07) is 27.5. The molecule has 4 rings (SSSR count). The molecule has 0 fully saturated rings. The minimum Gasteiger partial charge on any atom is -0.364 e. The second kappa shape index (κ2) is 6.65. The van der Waals surface area contributed by atoms with Gasteiger partial charge in [-0.1, -0.05) is 60.7 Å². The maximum Gasteiger partial charge on any atom is 0.209 e. The first-order valence-electron chi connectivity index (χ1n) is 8.30. The summed E-state index contributed by atoms with van der Waals surface area (Å²) < 4.78 is 0. The van der Waals surface area contributed by atoms with Crippen LogP contribution in [-0.2, 0) is 0 Å². The molecule has 2 N–H and O–H groups in total. The monoisotopic (exact) mass is 326 g/mol. The molecule has 0 spiro atoms. The third kappa shape index (κ3) is 3.04. The van der Waals surface area contributed by atoms with Gasteiger partial charge in [0.05, 0.1) is 11.6 Å². The topological polar surface area (TPSA) is 48.6 Å². The average Bonchev–Trinajstić information content (AvgIpc) is 3.36. The second-order valence-corrected chi connectivity index (χ2v) is 5.99. The first kappa shape index (κ1) is 15.2. The van der Waals surface area contributed by atoms with Crippen LogP contribution in [0.1, 0.15) is 38.9 Å². The molecule has 0 radical (unpaired) electrons. The highest BCUT2D eigenvalue weighted by molar-refractivity contribution is 6.07. The summed E-state index contributed by atoms with van der Waals surface area (Å²) in [6.07, 6.45) is 1.92. The summed E-state index contributed by atoms with van der Waals surface area (Å²) in [5.74, 6) is 0.0404. The molecule has 2 heterocycles. The molecule has 122 valence electrons. The predicted molar refractivity (Wildman–Crippen MR) is 98.8 cm³/mol. The fourth-order valence-electron chi connectivity index (χ4n) is 3.15. The summed E-state index contributed by atoms with van der Waals surface area (Å²) >= 11 is 0. The molecule has 2 aromatic heterocycles. The van der Waals surface area contributed by atoms with Crippen LogP contribution in [0.5, 0.6) is 0 Å². The van der Waals surface area contributed by atoms with E-state index in [2.05, 4.69) is 28.2 Å². The van der Waals surface area contributed by atoms with Crippen LogP contribution in [-0.4, -0.2) is 15.8 Å². The number of carbonyl (C=O) groups excluding carboxylic acids is 1. The maximum absolute atomic E-state index is 12.7. The van der Waals surface area contributed by atoms with Crippen molar-refractivity contribution in [1.82, 2.24) is 9.97 Å². The van der Waals surface area contributed by atoms with Crippen molar-refractivity contribution in [2.75, 3.05) is 0 Å². The van der Waals surface area contributed by atoms with Crippen LogP contribution in [0, 0.1) is 0 Å². The molecule has 0 bridgehead atoms. The van der Waals surface area contributed by atoms with Crippen LogP contribution < -0.4 is 0 Å². The normalized spacial score (nSPS) is 12.0. The number of rotatable bonds is 5. The Balaban J connectivity index is 1.72. The molecule has 0 saturated carbocycles. The van der Waals surface area contributed by atoms with Gasteiger partial charge in [0.15, 0.2) is 0 Å². The first-order valence-corrected chi connectivity index (χ1v) is 8.30. The molecule has 2 aromatic carbocycles. The van der Waals surface area contributed by atoms with Gasteiger partial charge in [-0.3, -0.25) is 4.79 Å². The lowest BCUT2D eigenvalue weighted by Gasteiger charge is -2.15. The van der Waals surface area contributed by atoms with Gasteiger partial charge in [0.1, 0.15) is 0 Å². The molecule has 25 heavy (non-hydrogen) atoms. The SMILES string of the molecule is O=C(c1ccccc1)c1ccc(C(c2ccccc2)c2ccc[nH]2)[nH]1. The number of hydrogen-bond acceptors (Lipinski definition) is 1. The van der Waals surface area contributed by atoms with Crippen molar-refractivity contribution in [2.45, 2.75) is 5.92 Å². The van der Waals surface area contributed by atoms with Crippen molar-refractivity contribution in [1.29, 1.82) is 0 Å². The Labute approximate surface area is 146 Å². The van der Waals surface area contributed by atoms with E-state index < -0.39 is 0 Å². The van der Waals surface area contributed by atoms with Gasteiger partial charge in [0.2, 0.25) is 5.78 Å². The van der Waals surface area contributed by atoms with Crippen LogP contribution in [0.3, 0.4) is 0 Å². The van der Waals surface area contributed by atoms with Crippen molar-refractivity contribution in [2.24, 2.45) is 0 Å². The number of benzene rings is 2. The third-order valence-electron chi connectivity index (χ3n) is 4.37. The Morgan fingerprint density at radius 1 is 0.720 bits per heavy atom. The molecule has 3 heteroatoms. The van der Waals surface area contributed by atoms with Gasteiger partial charge in [-0.15, -0.1) is 0 Å². The summed E-state index contributed by atoms with van der Waals surface area (Å²) in [4.78, 5) is 19.3. The molecule has 0 aliphatic heterocycles. The zero-order valence-corrected chi connectivity index (χ0v) is 13.6. The third-order valence-corrected chi connectivity index (χ3v) is 4.37. The number of nitrogens with one attached hydrogen (secondary N) is 2. The second-order valence-electron chi connectivity index (χ2n) is 5.99. The van der Waals surface area contributed by atoms with Crippen LogP contribution in [0.4, 0.5) is 0 Å². The van der Waals surface area contributed by atoms with Crippen molar-refractivity contribution in [3.05, 3.63) is 119 Å². The molecule has 1 atom stereocenters. The number of ketones is 1. The molecular weight excluding hydrogens is 308 g/mol. The zero-order valence-electron chi connectivity index (χ0n) is 13.6. The van der Waals surface area contributed by atoms with Gasteiger partial charge in [0.25, 0.3) is 0 Å². The van der Waals surface area contributed by atoms with Crippen LogP contribution in [0.2, 0.25) is 0 Å². The Hall–Kier alpha value is -3.33. The molecule has 0 saturated heterocycles. The molecule has 3 nitrogen and oxygen atoms in total. The summed E-state index contributed by atoms with van der Waals surface area (Å²) in [5.41, 5.74) is 4.55. The minimum absolute atomic E-state index is 0.00477. The molecule has 1 unspecified atom stereocenters. The van der Waals surface area contributed by atoms with E-state index in [-0.39, 0.29) is 11.7 Å². The van der Waals surface area contributed by atoms with E-state index in [0.29, 0.717) is 11.3 Å². The number of H-pyrrole nitrogens is 2. The molecule has 0 aliphatic rings. The Bertz CT molecular complexity index is 954. The fourth-order valence-corrected chi connectivity index (χ4v) is 3.15. The molecule has 0 aliphatic carbocycles. The van der Waals surface area contributed by atoms with E-state index >= 15 is 0 Å². The van der Waals surface area contributed by atoms with Crippen LogP contribution in [0.15, 0.2) is 91.1 Å². The summed E-state index contributed by atoms with van der Waals surface area (Å²) in [7, 11) is 0. The van der Waals surface area contributed by atoms with Crippen molar-refractivity contribution < 1.29 is 4.79 Å². The number of aromatic amines is 2. The maximum atomic E-state index is 12.7. The first-order chi connectivity index (χ1) is 12.3. The fraction of sp³-hybridized carbons (Fsp3) is 0.0455. The van der Waals surface area contributed by atoms with Gasteiger partial charge in [0, 0.05) is 23.1 Å². The Morgan fingerprint density at radius 3 is 2.12 bits per heavy atom. The minimum atomic E-state index is 0.00477. The lowest BCUT2D eigenvalue weighted by atomic mass is 9.93. The van der Waals surface area contributed by atoms with Gasteiger partial charge >= 0.3 is 0 Å². The van der Waals surface area contributed by atoms with E-state index in [1.807, 2.05) is 72.9 Å². The highest BCUT2D eigenvalue weighted by Gasteiger charge is 2.20. The lowest BCUT2D eigenvalue weighted by Crippen LogP contribution is -2.06. The smallest absolute Gasteiger partial charge is 0.209 e. The standard InChI is InChI=1S/C22H18N2O/c25-22(17-10-5-2-6-11-17)20-14-13-19(24-20)21(18-12-7-15-23-18)16-8-3-1-4-9-16/h1-15,21,23-24H. The van der Waals surface area contributed by atoms with E-state index in [4.69, 9.17) is 0 Å². The highest BCUT2D eigenvalue weighted by Crippen LogP contribution is 2.30. The van der Waals surface area contributed by atoms with Crippen molar-refractivity contribution in [3.63, 3.8) is 0 Å². The van der Waals surface area contributed by atoms with Gasteiger partial charge in [-0.05, 0) is 29.8 Å². The summed E-state index contributed by atoms with van der Waals surface area (Å²) in [6.45, 7) is 0. The Kier molecular flexibility index (Phi) is 4.05. The average molecular weight is 326 g/mol. The van der Waals surface area contributed by atoms with Crippen molar-refractivity contribution in [3.8, 4) is 0 Å². The molecule has 4 aromatic rings. The predicted octanol–water partition coefficient (Wildman–Crippen LogP) is 4.75. The van der Waals surface area contributed by atoms with Gasteiger partial charge in [-0.2, -0.15) is 0 Å². The van der Waals surface area contributed by atoms with E-state index in [1.54, 1.807) is 0 Å². The van der Waals surface area contributed by atoms with Gasteiger partial charge < -0.3 is 9.97 Å². The quantitative estimate of drug-likeness (QED) is 0.511. The molecule has 0 amide bonds. The summed E-state index contributed by atoms with van der Waals surface area (Å²) in [5, 5.41) is 0. The zero-order chi connectivity index (χ0) is 17.1. The highest BCUT2D eigenvalue weighted by atomic mass is 16.1. The molecular formula is C22H18N2O. The number of carbonyl (C=O) groups is 1.